The number of benzene rings is 2. The van der Waals surface area contributed by atoms with Crippen LogP contribution in [0.1, 0.15) is 16.8 Å². The van der Waals surface area contributed by atoms with Crippen molar-refractivity contribution in [2.75, 3.05) is 21.3 Å². The van der Waals surface area contributed by atoms with Crippen molar-refractivity contribution < 1.29 is 13.9 Å². The first-order valence-electron chi connectivity index (χ1n) is 9.30. The molecule has 2 aromatic carbocycles. The van der Waals surface area contributed by atoms with Gasteiger partial charge in [0.15, 0.2) is 17.5 Å². The van der Waals surface area contributed by atoms with Crippen LogP contribution in [0, 0.1) is 6.92 Å². The molecule has 3 aromatic rings. The highest BCUT2D eigenvalue weighted by Crippen LogP contribution is 2.30. The van der Waals surface area contributed by atoms with Gasteiger partial charge in [0.2, 0.25) is 5.89 Å². The van der Waals surface area contributed by atoms with Crippen molar-refractivity contribution in [3.05, 3.63) is 65.5 Å². The van der Waals surface area contributed by atoms with E-state index in [9.17, 15) is 0 Å². The maximum Gasteiger partial charge on any atom is 0.226 e. The molecule has 0 spiro atoms. The first-order chi connectivity index (χ1) is 14.1. The van der Waals surface area contributed by atoms with Crippen LogP contribution in [-0.4, -0.2) is 32.2 Å². The Bertz CT molecular complexity index is 971. The quantitative estimate of drug-likeness (QED) is 0.276. The molecule has 7 nitrogen and oxygen atoms in total. The maximum atomic E-state index is 5.60. The van der Waals surface area contributed by atoms with Crippen molar-refractivity contribution in [3.63, 3.8) is 0 Å². The number of guanidine groups is 1. The van der Waals surface area contributed by atoms with Gasteiger partial charge in [0.25, 0.3) is 0 Å². The molecule has 0 aliphatic heterocycles. The summed E-state index contributed by atoms with van der Waals surface area (Å²) in [5, 5.41) is 6.51. The van der Waals surface area contributed by atoms with Crippen LogP contribution in [0.15, 0.2) is 58.1 Å². The Morgan fingerprint density at radius 2 is 1.77 bits per heavy atom. The molecular formula is C22H27IN4O3. The van der Waals surface area contributed by atoms with Crippen LogP contribution in [0.25, 0.3) is 11.5 Å². The Kier molecular flexibility index (Phi) is 8.97. The number of ether oxygens (including phenoxy) is 2. The molecular weight excluding hydrogens is 495 g/mol. The third kappa shape index (κ3) is 5.88. The summed E-state index contributed by atoms with van der Waals surface area (Å²) in [5.74, 6) is 2.65. The third-order valence-corrected chi connectivity index (χ3v) is 4.44. The second-order valence-corrected chi connectivity index (χ2v) is 6.44. The fourth-order valence-corrected chi connectivity index (χ4v) is 2.88. The van der Waals surface area contributed by atoms with E-state index in [1.54, 1.807) is 27.5 Å². The standard InChI is InChI=1S/C22H26N4O3.HI/c1-15-8-10-16(11-9-15)21-26-18(14-29-21)13-25-22(23-2)24-12-17-6-5-7-19(27-3)20(17)28-4;/h5-11,14H,12-13H2,1-4H3,(H2,23,24,25);1H. The third-order valence-electron chi connectivity index (χ3n) is 4.44. The van der Waals surface area contributed by atoms with E-state index in [4.69, 9.17) is 13.9 Å². The molecule has 3 rings (SSSR count). The number of methoxy groups -OCH3 is 2. The SMILES string of the molecule is CN=C(NCc1coc(-c2ccc(C)cc2)n1)NCc1cccc(OC)c1OC.I. The number of aromatic nitrogens is 1. The van der Waals surface area contributed by atoms with Gasteiger partial charge in [0.05, 0.1) is 26.5 Å². The van der Waals surface area contributed by atoms with Gasteiger partial charge in [-0.2, -0.15) is 0 Å². The van der Waals surface area contributed by atoms with Crippen LogP contribution < -0.4 is 20.1 Å². The number of aliphatic imine (C=N–C) groups is 1. The Labute approximate surface area is 193 Å². The minimum atomic E-state index is 0. The number of halogens is 1. The molecule has 0 radical (unpaired) electrons. The Balaban J connectivity index is 0.00000320. The topological polar surface area (TPSA) is 80.9 Å². The van der Waals surface area contributed by atoms with Crippen LogP contribution in [0.4, 0.5) is 0 Å². The van der Waals surface area contributed by atoms with E-state index in [0.717, 1.165) is 16.8 Å². The van der Waals surface area contributed by atoms with Crippen molar-refractivity contribution in [1.29, 1.82) is 0 Å². The van der Waals surface area contributed by atoms with Crippen molar-refractivity contribution in [2.45, 2.75) is 20.0 Å². The number of oxazole rings is 1. The average molecular weight is 522 g/mol. The number of hydrogen-bond acceptors (Lipinski definition) is 5. The summed E-state index contributed by atoms with van der Waals surface area (Å²) in [6.07, 6.45) is 1.65. The molecule has 8 heteroatoms. The first kappa shape index (κ1) is 23.5. The highest BCUT2D eigenvalue weighted by atomic mass is 127. The van der Waals surface area contributed by atoms with E-state index in [1.165, 1.54) is 5.56 Å². The molecule has 2 N–H and O–H groups in total. The van der Waals surface area contributed by atoms with Crippen molar-refractivity contribution in [3.8, 4) is 23.0 Å². The average Bonchev–Trinajstić information content (AvgIpc) is 3.23. The highest BCUT2D eigenvalue weighted by Gasteiger charge is 2.11. The van der Waals surface area contributed by atoms with Gasteiger partial charge < -0.3 is 24.5 Å². The number of aryl methyl sites for hydroxylation is 1. The van der Waals surface area contributed by atoms with Gasteiger partial charge in [-0.1, -0.05) is 29.8 Å². The second kappa shape index (κ2) is 11.4. The van der Waals surface area contributed by atoms with Gasteiger partial charge in [0.1, 0.15) is 6.26 Å². The molecule has 0 fully saturated rings. The second-order valence-electron chi connectivity index (χ2n) is 6.44. The van der Waals surface area contributed by atoms with Crippen molar-refractivity contribution in [1.82, 2.24) is 15.6 Å². The van der Waals surface area contributed by atoms with E-state index in [1.807, 2.05) is 42.5 Å². The lowest BCUT2D eigenvalue weighted by molar-refractivity contribution is 0.351. The Morgan fingerprint density at radius 1 is 1.03 bits per heavy atom. The lowest BCUT2D eigenvalue weighted by atomic mass is 10.1. The monoisotopic (exact) mass is 522 g/mol. The number of rotatable bonds is 7. The Morgan fingerprint density at radius 3 is 2.43 bits per heavy atom. The minimum absolute atomic E-state index is 0. The summed E-state index contributed by atoms with van der Waals surface area (Å²) in [5.41, 5.74) is 3.92. The lowest BCUT2D eigenvalue weighted by Gasteiger charge is -2.15. The number of para-hydroxylation sites is 1. The fourth-order valence-electron chi connectivity index (χ4n) is 2.88. The molecule has 0 saturated heterocycles. The van der Waals surface area contributed by atoms with Crippen LogP contribution in [-0.2, 0) is 13.1 Å². The largest absolute Gasteiger partial charge is 0.493 e. The van der Waals surface area contributed by atoms with Gasteiger partial charge >= 0.3 is 0 Å². The molecule has 0 unspecified atom stereocenters. The van der Waals surface area contributed by atoms with Gasteiger partial charge in [-0.05, 0) is 25.1 Å². The summed E-state index contributed by atoms with van der Waals surface area (Å²) < 4.78 is 16.4. The van der Waals surface area contributed by atoms with E-state index in [0.29, 0.717) is 36.4 Å². The van der Waals surface area contributed by atoms with E-state index in [2.05, 4.69) is 27.5 Å². The zero-order valence-corrected chi connectivity index (χ0v) is 19.9. The maximum absolute atomic E-state index is 5.60. The van der Waals surface area contributed by atoms with Crippen LogP contribution in [0.3, 0.4) is 0 Å². The van der Waals surface area contributed by atoms with E-state index >= 15 is 0 Å². The van der Waals surface area contributed by atoms with Crippen LogP contribution in [0.5, 0.6) is 11.5 Å². The summed E-state index contributed by atoms with van der Waals surface area (Å²) in [6.45, 7) is 3.08. The van der Waals surface area contributed by atoms with Crippen LogP contribution in [0.2, 0.25) is 0 Å². The predicted octanol–water partition coefficient (Wildman–Crippen LogP) is 4.15. The van der Waals surface area contributed by atoms with Crippen LogP contribution >= 0.6 is 24.0 Å². The molecule has 0 atom stereocenters. The van der Waals surface area contributed by atoms with E-state index in [-0.39, 0.29) is 24.0 Å². The smallest absolute Gasteiger partial charge is 0.226 e. The van der Waals surface area contributed by atoms with Gasteiger partial charge in [-0.25, -0.2) is 4.98 Å². The van der Waals surface area contributed by atoms with Gasteiger partial charge in [-0.15, -0.1) is 24.0 Å². The highest BCUT2D eigenvalue weighted by molar-refractivity contribution is 14.0. The lowest BCUT2D eigenvalue weighted by Crippen LogP contribution is -2.36. The normalized spacial score (nSPS) is 10.9. The molecule has 1 heterocycles. The summed E-state index contributed by atoms with van der Waals surface area (Å²) in [4.78, 5) is 8.79. The molecule has 0 bridgehead atoms. The molecule has 0 saturated carbocycles. The molecule has 0 aliphatic rings. The fraction of sp³-hybridized carbons (Fsp3) is 0.273. The zero-order valence-electron chi connectivity index (χ0n) is 17.6. The number of hydrogen-bond donors (Lipinski definition) is 2. The number of nitrogens with one attached hydrogen (secondary N) is 2. The van der Waals surface area contributed by atoms with Gasteiger partial charge in [-0.3, -0.25) is 4.99 Å². The molecule has 160 valence electrons. The first-order valence-corrected chi connectivity index (χ1v) is 9.30. The molecule has 30 heavy (non-hydrogen) atoms. The van der Waals surface area contributed by atoms with Crippen molar-refractivity contribution >= 4 is 29.9 Å². The molecule has 0 amide bonds. The number of nitrogens with zero attached hydrogens (tertiary/aromatic N) is 2. The zero-order chi connectivity index (χ0) is 20.6. The van der Waals surface area contributed by atoms with Gasteiger partial charge in [0, 0.05) is 24.7 Å². The molecule has 1 aromatic heterocycles. The minimum Gasteiger partial charge on any atom is -0.493 e. The predicted molar refractivity (Wildman–Crippen MR) is 129 cm³/mol. The van der Waals surface area contributed by atoms with Crippen molar-refractivity contribution in [2.24, 2.45) is 4.99 Å². The summed E-state index contributed by atoms with van der Waals surface area (Å²) in [7, 11) is 4.97. The summed E-state index contributed by atoms with van der Waals surface area (Å²) in [6, 6.07) is 13.8. The summed E-state index contributed by atoms with van der Waals surface area (Å²) >= 11 is 0. The van der Waals surface area contributed by atoms with E-state index < -0.39 is 0 Å². The Hall–Kier alpha value is -2.75. The molecule has 0 aliphatic carbocycles.